The van der Waals surface area contributed by atoms with Crippen LogP contribution < -0.4 is 4.74 Å². The van der Waals surface area contributed by atoms with E-state index in [1.54, 1.807) is 6.07 Å². The first kappa shape index (κ1) is 15.4. The van der Waals surface area contributed by atoms with Gasteiger partial charge in [-0.15, -0.1) is 11.8 Å². The number of benzene rings is 1. The monoisotopic (exact) mass is 311 g/mol. The molecule has 0 saturated carbocycles. The number of hydrogen-bond donors (Lipinski definition) is 1. The number of carboxylic acid groups (broad SMARTS) is 1. The molecule has 1 amide bonds. The highest BCUT2D eigenvalue weighted by atomic mass is 32.2. The number of halogens is 1. The maximum atomic E-state index is 13.5. The smallest absolute Gasteiger partial charge is 0.327 e. The van der Waals surface area contributed by atoms with E-state index in [1.165, 1.54) is 48.1 Å². The molecule has 1 atom stereocenters. The molecule has 5 nitrogen and oxygen atoms in total. The van der Waals surface area contributed by atoms with Crippen molar-refractivity contribution in [2.24, 2.45) is 0 Å². The molecule has 1 unspecified atom stereocenters. The van der Waals surface area contributed by atoms with Crippen molar-refractivity contribution in [2.75, 3.05) is 18.7 Å². The zero-order chi connectivity index (χ0) is 15.4. The lowest BCUT2D eigenvalue weighted by Crippen LogP contribution is -2.40. The third kappa shape index (κ3) is 3.55. The summed E-state index contributed by atoms with van der Waals surface area (Å²) in [4.78, 5) is 24.3. The minimum absolute atomic E-state index is 0.125. The van der Waals surface area contributed by atoms with Gasteiger partial charge >= 0.3 is 5.97 Å². The van der Waals surface area contributed by atoms with Crippen LogP contribution in [0.1, 0.15) is 5.56 Å². The molecule has 1 N–H and O–H groups in total. The molecule has 21 heavy (non-hydrogen) atoms. The van der Waals surface area contributed by atoms with Gasteiger partial charge in [0.25, 0.3) is 0 Å². The van der Waals surface area contributed by atoms with Gasteiger partial charge in [-0.2, -0.15) is 0 Å². The Hall–Kier alpha value is -2.02. The number of hydrogen-bond acceptors (Lipinski definition) is 4. The fraction of sp³-hybridized carbons (Fsp3) is 0.286. The average molecular weight is 311 g/mol. The van der Waals surface area contributed by atoms with Crippen molar-refractivity contribution in [3.05, 3.63) is 35.7 Å². The Morgan fingerprint density at radius 2 is 2.29 bits per heavy atom. The van der Waals surface area contributed by atoms with Gasteiger partial charge < -0.3 is 14.7 Å². The number of methoxy groups -OCH3 is 1. The first-order chi connectivity index (χ1) is 10.0. The van der Waals surface area contributed by atoms with Crippen LogP contribution in [0, 0.1) is 5.82 Å². The van der Waals surface area contributed by atoms with Crippen molar-refractivity contribution in [1.29, 1.82) is 0 Å². The van der Waals surface area contributed by atoms with Crippen LogP contribution in [-0.4, -0.2) is 46.7 Å². The Balaban J connectivity index is 2.08. The fourth-order valence-corrected chi connectivity index (χ4v) is 3.07. The number of carbonyl (C=O) groups is 2. The third-order valence-corrected chi connectivity index (χ3v) is 4.06. The van der Waals surface area contributed by atoms with Crippen LogP contribution in [0.15, 0.2) is 24.3 Å². The van der Waals surface area contributed by atoms with Gasteiger partial charge in [0, 0.05) is 11.8 Å². The molecule has 1 heterocycles. The summed E-state index contributed by atoms with van der Waals surface area (Å²) in [6.07, 6.45) is 2.70. The molecule has 1 saturated heterocycles. The molecule has 0 spiro atoms. The second-order valence-corrected chi connectivity index (χ2v) is 5.39. The number of thioether (sulfide) groups is 1. The van der Waals surface area contributed by atoms with Crippen LogP contribution in [-0.2, 0) is 9.59 Å². The van der Waals surface area contributed by atoms with E-state index in [0.717, 1.165) is 0 Å². The van der Waals surface area contributed by atoms with E-state index in [4.69, 9.17) is 9.84 Å². The van der Waals surface area contributed by atoms with E-state index >= 15 is 0 Å². The summed E-state index contributed by atoms with van der Waals surface area (Å²) in [5, 5.41) is 9.02. The minimum atomic E-state index is -1.02. The largest absolute Gasteiger partial charge is 0.494 e. The van der Waals surface area contributed by atoms with Crippen LogP contribution in [0.2, 0.25) is 0 Å². The standard InChI is InChI=1S/C14H14FNO4S/c1-20-12-4-2-9(6-10(12)15)3-5-13(17)16-8-21-7-11(16)14(18)19/h2-6,11H,7-8H2,1H3,(H,18,19)/b5-3+. The second kappa shape index (κ2) is 6.62. The lowest BCUT2D eigenvalue weighted by molar-refractivity contribution is -0.146. The summed E-state index contributed by atoms with van der Waals surface area (Å²) in [5.41, 5.74) is 0.500. The number of carbonyl (C=O) groups excluding carboxylic acids is 1. The average Bonchev–Trinajstić information content (AvgIpc) is 2.94. The maximum absolute atomic E-state index is 13.5. The first-order valence-electron chi connectivity index (χ1n) is 6.15. The molecule has 0 aliphatic carbocycles. The molecule has 1 aromatic rings. The summed E-state index contributed by atoms with van der Waals surface area (Å²) in [7, 11) is 1.37. The number of amides is 1. The zero-order valence-corrected chi connectivity index (χ0v) is 12.1. The Kier molecular flexibility index (Phi) is 4.85. The Bertz CT molecular complexity index is 590. The van der Waals surface area contributed by atoms with Gasteiger partial charge in [-0.25, -0.2) is 9.18 Å². The number of carboxylic acids is 1. The summed E-state index contributed by atoms with van der Waals surface area (Å²) >= 11 is 1.39. The van der Waals surface area contributed by atoms with Crippen LogP contribution in [0.4, 0.5) is 4.39 Å². The molecule has 0 radical (unpaired) electrons. The summed E-state index contributed by atoms with van der Waals surface area (Å²) in [5.74, 6) is -1.09. The Labute approximate surface area is 125 Å². The minimum Gasteiger partial charge on any atom is -0.494 e. The third-order valence-electron chi connectivity index (χ3n) is 3.04. The molecule has 112 valence electrons. The SMILES string of the molecule is COc1ccc(/C=C/C(=O)N2CSCC2C(=O)O)cc1F. The summed E-state index contributed by atoms with van der Waals surface area (Å²) in [6, 6.07) is 3.51. The van der Waals surface area contributed by atoms with Crippen molar-refractivity contribution in [3.63, 3.8) is 0 Å². The van der Waals surface area contributed by atoms with E-state index < -0.39 is 23.7 Å². The van der Waals surface area contributed by atoms with Crippen LogP contribution in [0.25, 0.3) is 6.08 Å². The number of ether oxygens (including phenoxy) is 1. The van der Waals surface area contributed by atoms with Gasteiger partial charge in [-0.3, -0.25) is 4.79 Å². The van der Waals surface area contributed by atoms with E-state index in [0.29, 0.717) is 17.2 Å². The van der Waals surface area contributed by atoms with E-state index in [-0.39, 0.29) is 5.75 Å². The van der Waals surface area contributed by atoms with Gasteiger partial charge in [-0.05, 0) is 23.8 Å². The van der Waals surface area contributed by atoms with E-state index in [1.807, 2.05) is 0 Å². The van der Waals surface area contributed by atoms with E-state index in [9.17, 15) is 14.0 Å². The predicted molar refractivity (Wildman–Crippen MR) is 77.6 cm³/mol. The topological polar surface area (TPSA) is 66.8 Å². The van der Waals surface area contributed by atoms with Crippen LogP contribution in [0.5, 0.6) is 5.75 Å². The van der Waals surface area contributed by atoms with Gasteiger partial charge in [0.05, 0.1) is 13.0 Å². The zero-order valence-electron chi connectivity index (χ0n) is 11.3. The van der Waals surface area contributed by atoms with Gasteiger partial charge in [-0.1, -0.05) is 6.07 Å². The molecule has 0 bridgehead atoms. The van der Waals surface area contributed by atoms with Crippen molar-refractivity contribution >= 4 is 29.7 Å². The van der Waals surface area contributed by atoms with Crippen molar-refractivity contribution in [2.45, 2.75) is 6.04 Å². The highest BCUT2D eigenvalue weighted by Gasteiger charge is 2.33. The Morgan fingerprint density at radius 3 is 2.90 bits per heavy atom. The highest BCUT2D eigenvalue weighted by molar-refractivity contribution is 7.99. The molecule has 1 aliphatic heterocycles. The fourth-order valence-electron chi connectivity index (χ4n) is 1.91. The number of nitrogens with zero attached hydrogens (tertiary/aromatic N) is 1. The maximum Gasteiger partial charge on any atom is 0.327 e. The molecular formula is C14H14FNO4S. The quantitative estimate of drug-likeness (QED) is 0.859. The highest BCUT2D eigenvalue weighted by Crippen LogP contribution is 2.22. The molecule has 0 aromatic heterocycles. The summed E-state index contributed by atoms with van der Waals surface area (Å²) in [6.45, 7) is 0. The number of rotatable bonds is 4. The van der Waals surface area contributed by atoms with E-state index in [2.05, 4.69) is 0 Å². The van der Waals surface area contributed by atoms with Crippen molar-refractivity contribution in [3.8, 4) is 5.75 Å². The molecule has 7 heteroatoms. The molecule has 1 fully saturated rings. The Morgan fingerprint density at radius 1 is 1.52 bits per heavy atom. The van der Waals surface area contributed by atoms with Gasteiger partial charge in [0.2, 0.25) is 5.91 Å². The van der Waals surface area contributed by atoms with Crippen molar-refractivity contribution in [1.82, 2.24) is 4.90 Å². The molecule has 1 aromatic carbocycles. The first-order valence-corrected chi connectivity index (χ1v) is 7.31. The van der Waals surface area contributed by atoms with Gasteiger partial charge in [0.15, 0.2) is 11.6 Å². The van der Waals surface area contributed by atoms with Crippen molar-refractivity contribution < 1.29 is 23.8 Å². The lowest BCUT2D eigenvalue weighted by atomic mass is 10.2. The van der Waals surface area contributed by atoms with Gasteiger partial charge in [0.1, 0.15) is 6.04 Å². The molecular weight excluding hydrogens is 297 g/mol. The van der Waals surface area contributed by atoms with Crippen LogP contribution >= 0.6 is 11.8 Å². The van der Waals surface area contributed by atoms with Crippen LogP contribution in [0.3, 0.4) is 0 Å². The number of aliphatic carboxylic acids is 1. The normalized spacial score (nSPS) is 18.2. The summed E-state index contributed by atoms with van der Waals surface area (Å²) < 4.78 is 18.3. The second-order valence-electron chi connectivity index (χ2n) is 4.39. The predicted octanol–water partition coefficient (Wildman–Crippen LogP) is 1.83. The molecule has 1 aliphatic rings. The lowest BCUT2D eigenvalue weighted by Gasteiger charge is -2.18. The molecule has 2 rings (SSSR count).